The fourth-order valence-electron chi connectivity index (χ4n) is 3.72. The lowest BCUT2D eigenvalue weighted by Crippen LogP contribution is -2.51. The molecule has 1 saturated heterocycles. The quantitative estimate of drug-likeness (QED) is 0.810. The van der Waals surface area contributed by atoms with Crippen molar-refractivity contribution in [3.05, 3.63) is 0 Å². The van der Waals surface area contributed by atoms with E-state index in [1.807, 2.05) is 7.05 Å². The standard InChI is InChI=1S/C15H28N2O2/c1-12(2)15(8-9-16-10-15)13(18)17(3)11-14(19)6-4-5-7-14/h12,16,19H,4-11H2,1-3H3. The molecular weight excluding hydrogens is 240 g/mol. The van der Waals surface area contributed by atoms with Crippen molar-refractivity contribution >= 4 is 5.91 Å². The van der Waals surface area contributed by atoms with E-state index in [2.05, 4.69) is 19.2 Å². The first-order valence-electron chi connectivity index (χ1n) is 7.58. The minimum atomic E-state index is -0.644. The van der Waals surface area contributed by atoms with E-state index in [0.717, 1.165) is 45.2 Å². The molecule has 0 radical (unpaired) electrons. The first kappa shape index (κ1) is 14.8. The molecular formula is C15H28N2O2. The summed E-state index contributed by atoms with van der Waals surface area (Å²) in [6.45, 7) is 6.43. The maximum Gasteiger partial charge on any atom is 0.230 e. The fraction of sp³-hybridized carbons (Fsp3) is 0.933. The third kappa shape index (κ3) is 2.79. The van der Waals surface area contributed by atoms with E-state index in [4.69, 9.17) is 0 Å². The Balaban J connectivity index is 2.05. The Morgan fingerprint density at radius 2 is 1.95 bits per heavy atom. The molecule has 1 unspecified atom stereocenters. The SMILES string of the molecule is CC(C)C1(C(=O)N(C)CC2(O)CCCC2)CCNC1. The summed E-state index contributed by atoms with van der Waals surface area (Å²) < 4.78 is 0. The third-order valence-corrected chi connectivity index (χ3v) is 5.13. The number of hydrogen-bond donors (Lipinski definition) is 2. The molecule has 19 heavy (non-hydrogen) atoms. The van der Waals surface area contributed by atoms with Crippen molar-refractivity contribution in [2.24, 2.45) is 11.3 Å². The predicted molar refractivity (Wildman–Crippen MR) is 75.8 cm³/mol. The van der Waals surface area contributed by atoms with Gasteiger partial charge in [0.2, 0.25) is 5.91 Å². The number of carbonyl (C=O) groups excluding carboxylic acids is 1. The van der Waals surface area contributed by atoms with Crippen LogP contribution >= 0.6 is 0 Å². The molecule has 2 aliphatic rings. The van der Waals surface area contributed by atoms with Gasteiger partial charge >= 0.3 is 0 Å². The van der Waals surface area contributed by atoms with Crippen LogP contribution in [0.1, 0.15) is 46.0 Å². The van der Waals surface area contributed by atoms with Crippen LogP contribution in [0.25, 0.3) is 0 Å². The zero-order valence-corrected chi connectivity index (χ0v) is 12.5. The molecule has 4 heteroatoms. The van der Waals surface area contributed by atoms with Gasteiger partial charge in [-0.3, -0.25) is 4.79 Å². The molecule has 2 rings (SSSR count). The average Bonchev–Trinajstić information content (AvgIpc) is 2.97. The maximum atomic E-state index is 12.8. The monoisotopic (exact) mass is 268 g/mol. The number of hydrogen-bond acceptors (Lipinski definition) is 3. The number of aliphatic hydroxyl groups is 1. The molecule has 0 aromatic carbocycles. The maximum absolute atomic E-state index is 12.8. The Morgan fingerprint density at radius 3 is 2.42 bits per heavy atom. The predicted octanol–water partition coefficient (Wildman–Crippen LogP) is 1.39. The van der Waals surface area contributed by atoms with Gasteiger partial charge in [0.25, 0.3) is 0 Å². The van der Waals surface area contributed by atoms with E-state index < -0.39 is 5.60 Å². The molecule has 2 fully saturated rings. The second kappa shape index (κ2) is 5.41. The summed E-state index contributed by atoms with van der Waals surface area (Å²) in [6, 6.07) is 0. The van der Waals surface area contributed by atoms with Crippen molar-refractivity contribution in [1.29, 1.82) is 0 Å². The number of rotatable bonds is 4. The lowest BCUT2D eigenvalue weighted by Gasteiger charge is -2.37. The molecule has 0 aromatic heterocycles. The number of nitrogens with zero attached hydrogens (tertiary/aromatic N) is 1. The van der Waals surface area contributed by atoms with Crippen LogP contribution in [-0.2, 0) is 4.79 Å². The Hall–Kier alpha value is -0.610. The summed E-state index contributed by atoms with van der Waals surface area (Å²) in [5, 5.41) is 13.8. The van der Waals surface area contributed by atoms with Crippen LogP contribution in [0.2, 0.25) is 0 Å². The zero-order chi connectivity index (χ0) is 14.1. The number of carbonyl (C=O) groups is 1. The average molecular weight is 268 g/mol. The zero-order valence-electron chi connectivity index (χ0n) is 12.5. The summed E-state index contributed by atoms with van der Waals surface area (Å²) in [7, 11) is 1.85. The third-order valence-electron chi connectivity index (χ3n) is 5.13. The van der Waals surface area contributed by atoms with Gasteiger partial charge in [0.1, 0.15) is 0 Å². The van der Waals surface area contributed by atoms with Crippen LogP contribution in [0, 0.1) is 11.3 Å². The minimum absolute atomic E-state index is 0.202. The smallest absolute Gasteiger partial charge is 0.230 e. The van der Waals surface area contributed by atoms with Crippen LogP contribution in [0.5, 0.6) is 0 Å². The van der Waals surface area contributed by atoms with Gasteiger partial charge in [-0.1, -0.05) is 26.7 Å². The van der Waals surface area contributed by atoms with Crippen molar-refractivity contribution in [2.75, 3.05) is 26.7 Å². The molecule has 1 amide bonds. The first-order valence-corrected chi connectivity index (χ1v) is 7.58. The van der Waals surface area contributed by atoms with Gasteiger partial charge in [0, 0.05) is 20.1 Å². The van der Waals surface area contributed by atoms with Crippen LogP contribution < -0.4 is 5.32 Å². The van der Waals surface area contributed by atoms with Crippen LogP contribution in [0.3, 0.4) is 0 Å². The summed E-state index contributed by atoms with van der Waals surface area (Å²) in [5.74, 6) is 0.531. The minimum Gasteiger partial charge on any atom is -0.388 e. The largest absolute Gasteiger partial charge is 0.388 e. The van der Waals surface area contributed by atoms with Gasteiger partial charge in [0.15, 0.2) is 0 Å². The highest BCUT2D eigenvalue weighted by Gasteiger charge is 2.46. The van der Waals surface area contributed by atoms with Crippen molar-refractivity contribution in [2.45, 2.75) is 51.6 Å². The van der Waals surface area contributed by atoms with E-state index in [-0.39, 0.29) is 11.3 Å². The lowest BCUT2D eigenvalue weighted by atomic mass is 9.75. The van der Waals surface area contributed by atoms with Crippen molar-refractivity contribution in [3.8, 4) is 0 Å². The molecule has 4 nitrogen and oxygen atoms in total. The molecule has 1 atom stereocenters. The second-order valence-electron chi connectivity index (χ2n) is 6.83. The second-order valence-corrected chi connectivity index (χ2v) is 6.83. The first-order chi connectivity index (χ1) is 8.90. The van der Waals surface area contributed by atoms with E-state index in [9.17, 15) is 9.90 Å². The number of nitrogens with one attached hydrogen (secondary N) is 1. The summed E-state index contributed by atoms with van der Waals surface area (Å²) in [4.78, 5) is 14.6. The topological polar surface area (TPSA) is 52.6 Å². The van der Waals surface area contributed by atoms with Gasteiger partial charge in [0.05, 0.1) is 11.0 Å². The summed E-state index contributed by atoms with van der Waals surface area (Å²) in [6.07, 6.45) is 4.73. The van der Waals surface area contributed by atoms with Crippen molar-refractivity contribution in [1.82, 2.24) is 10.2 Å². The van der Waals surface area contributed by atoms with E-state index in [1.165, 1.54) is 0 Å². The van der Waals surface area contributed by atoms with Gasteiger partial charge in [-0.05, 0) is 31.7 Å². The number of likely N-dealkylation sites (N-methyl/N-ethyl adjacent to an activating group) is 1. The molecule has 1 saturated carbocycles. The van der Waals surface area contributed by atoms with Gasteiger partial charge in [-0.2, -0.15) is 0 Å². The fourth-order valence-corrected chi connectivity index (χ4v) is 3.72. The van der Waals surface area contributed by atoms with Gasteiger partial charge in [-0.25, -0.2) is 0 Å². The number of amides is 1. The molecule has 0 aromatic rings. The van der Waals surface area contributed by atoms with Gasteiger partial charge in [-0.15, -0.1) is 0 Å². The van der Waals surface area contributed by atoms with E-state index in [0.29, 0.717) is 12.5 Å². The van der Waals surface area contributed by atoms with Crippen LogP contribution in [0.4, 0.5) is 0 Å². The molecule has 0 bridgehead atoms. The normalized spacial score (nSPS) is 29.9. The lowest BCUT2D eigenvalue weighted by molar-refractivity contribution is -0.145. The Morgan fingerprint density at radius 1 is 1.32 bits per heavy atom. The van der Waals surface area contributed by atoms with E-state index in [1.54, 1.807) is 4.90 Å². The Kier molecular flexibility index (Phi) is 4.21. The van der Waals surface area contributed by atoms with Crippen molar-refractivity contribution < 1.29 is 9.90 Å². The highest BCUT2D eigenvalue weighted by Crippen LogP contribution is 2.37. The highest BCUT2D eigenvalue weighted by atomic mass is 16.3. The Labute approximate surface area is 116 Å². The van der Waals surface area contributed by atoms with Crippen LogP contribution in [-0.4, -0.2) is 48.2 Å². The molecule has 110 valence electrons. The molecule has 1 aliphatic carbocycles. The molecule has 1 heterocycles. The van der Waals surface area contributed by atoms with Crippen LogP contribution in [0.15, 0.2) is 0 Å². The molecule has 2 N–H and O–H groups in total. The Bertz CT molecular complexity index is 329. The van der Waals surface area contributed by atoms with Crippen molar-refractivity contribution in [3.63, 3.8) is 0 Å². The summed E-state index contributed by atoms with van der Waals surface area (Å²) >= 11 is 0. The highest BCUT2D eigenvalue weighted by molar-refractivity contribution is 5.83. The summed E-state index contributed by atoms with van der Waals surface area (Å²) in [5.41, 5.74) is -0.918. The van der Waals surface area contributed by atoms with Gasteiger partial charge < -0.3 is 15.3 Å². The van der Waals surface area contributed by atoms with E-state index >= 15 is 0 Å². The molecule has 0 spiro atoms. The molecule has 1 aliphatic heterocycles.